The maximum Gasteiger partial charge on any atom is 0.340 e. The highest BCUT2D eigenvalue weighted by Crippen LogP contribution is 2.26. The van der Waals surface area contributed by atoms with Crippen LogP contribution in [0.4, 0.5) is 5.69 Å². The standard InChI is InChI=1S/C20H19ClN2O3/c1-3-26-20(25)14-6-4-5-7-17(14)23-19(24)11-15-12(2)22-18-9-8-13(21)10-16(15)18/h4-10,22H,3,11H2,1-2H3,(H,23,24). The zero-order valence-corrected chi connectivity index (χ0v) is 15.3. The van der Waals surface area contributed by atoms with Crippen LogP contribution in [0.2, 0.25) is 5.02 Å². The predicted octanol–water partition coefficient (Wildman–Crippen LogP) is 4.49. The molecular weight excluding hydrogens is 352 g/mol. The van der Waals surface area contributed by atoms with E-state index in [9.17, 15) is 9.59 Å². The fraction of sp³-hybridized carbons (Fsp3) is 0.200. The van der Waals surface area contributed by atoms with Gasteiger partial charge in [0.05, 0.1) is 24.3 Å². The maximum absolute atomic E-state index is 12.6. The Morgan fingerprint density at radius 3 is 2.73 bits per heavy atom. The number of esters is 1. The van der Waals surface area contributed by atoms with Gasteiger partial charge in [-0.05, 0) is 49.7 Å². The van der Waals surface area contributed by atoms with Crippen LogP contribution in [-0.4, -0.2) is 23.5 Å². The zero-order chi connectivity index (χ0) is 18.7. The van der Waals surface area contributed by atoms with Crippen LogP contribution in [0.15, 0.2) is 42.5 Å². The molecule has 1 aromatic heterocycles. The minimum absolute atomic E-state index is 0.170. The first-order chi connectivity index (χ1) is 12.5. The van der Waals surface area contributed by atoms with E-state index in [0.29, 0.717) is 16.3 Å². The van der Waals surface area contributed by atoms with Crippen LogP contribution < -0.4 is 5.32 Å². The third kappa shape index (κ3) is 3.73. The molecule has 3 aromatic rings. The second kappa shape index (κ2) is 7.62. The predicted molar refractivity (Wildman–Crippen MR) is 103 cm³/mol. The number of aromatic amines is 1. The third-order valence-electron chi connectivity index (χ3n) is 4.12. The van der Waals surface area contributed by atoms with Crippen molar-refractivity contribution in [2.75, 3.05) is 11.9 Å². The fourth-order valence-corrected chi connectivity index (χ4v) is 3.09. The average molecular weight is 371 g/mol. The molecular formula is C20H19ClN2O3. The quantitative estimate of drug-likeness (QED) is 0.650. The van der Waals surface area contributed by atoms with Gasteiger partial charge in [-0.2, -0.15) is 0 Å². The SMILES string of the molecule is CCOC(=O)c1ccccc1NC(=O)Cc1c(C)[nH]c2ccc(Cl)cc12. The van der Waals surface area contributed by atoms with Crippen molar-refractivity contribution >= 4 is 40.1 Å². The van der Waals surface area contributed by atoms with Crippen LogP contribution in [0.25, 0.3) is 10.9 Å². The number of H-pyrrole nitrogens is 1. The van der Waals surface area contributed by atoms with Gasteiger partial charge in [0.2, 0.25) is 5.91 Å². The first kappa shape index (κ1) is 18.0. The molecule has 0 saturated carbocycles. The number of amides is 1. The lowest BCUT2D eigenvalue weighted by Crippen LogP contribution is -2.17. The average Bonchev–Trinajstić information content (AvgIpc) is 2.91. The minimum Gasteiger partial charge on any atom is -0.462 e. The number of fused-ring (bicyclic) bond motifs is 1. The lowest BCUT2D eigenvalue weighted by molar-refractivity contribution is -0.115. The number of ether oxygens (including phenoxy) is 1. The molecule has 134 valence electrons. The first-order valence-corrected chi connectivity index (χ1v) is 8.70. The molecule has 3 rings (SSSR count). The van der Waals surface area contributed by atoms with E-state index < -0.39 is 5.97 Å². The number of hydrogen-bond acceptors (Lipinski definition) is 3. The Morgan fingerprint density at radius 2 is 1.96 bits per heavy atom. The van der Waals surface area contributed by atoms with E-state index in [1.807, 2.05) is 19.1 Å². The first-order valence-electron chi connectivity index (χ1n) is 8.32. The van der Waals surface area contributed by atoms with Crippen molar-refractivity contribution in [1.29, 1.82) is 0 Å². The molecule has 0 radical (unpaired) electrons. The van der Waals surface area contributed by atoms with Crippen LogP contribution in [0, 0.1) is 6.92 Å². The summed E-state index contributed by atoms with van der Waals surface area (Å²) in [7, 11) is 0. The summed E-state index contributed by atoms with van der Waals surface area (Å²) in [5, 5.41) is 4.34. The second-order valence-corrected chi connectivity index (χ2v) is 6.35. The Morgan fingerprint density at radius 1 is 1.19 bits per heavy atom. The summed E-state index contributed by atoms with van der Waals surface area (Å²) in [5.41, 5.74) is 3.50. The van der Waals surface area contributed by atoms with E-state index in [4.69, 9.17) is 16.3 Å². The summed E-state index contributed by atoms with van der Waals surface area (Å²) < 4.78 is 5.04. The molecule has 0 bridgehead atoms. The number of aromatic nitrogens is 1. The summed E-state index contributed by atoms with van der Waals surface area (Å²) >= 11 is 6.09. The molecule has 0 unspecified atom stereocenters. The number of hydrogen-bond donors (Lipinski definition) is 2. The Hall–Kier alpha value is -2.79. The summed E-state index contributed by atoms with van der Waals surface area (Å²) in [6, 6.07) is 12.3. The highest BCUT2D eigenvalue weighted by atomic mass is 35.5. The van der Waals surface area contributed by atoms with E-state index in [0.717, 1.165) is 22.2 Å². The van der Waals surface area contributed by atoms with Gasteiger partial charge in [0.25, 0.3) is 0 Å². The molecule has 0 saturated heterocycles. The number of carbonyl (C=O) groups is 2. The van der Waals surface area contributed by atoms with Crippen molar-refractivity contribution in [3.05, 3.63) is 64.3 Å². The second-order valence-electron chi connectivity index (χ2n) is 5.91. The normalized spacial score (nSPS) is 10.7. The number of nitrogens with one attached hydrogen (secondary N) is 2. The van der Waals surface area contributed by atoms with Crippen molar-refractivity contribution < 1.29 is 14.3 Å². The molecule has 0 aliphatic carbocycles. The Balaban J connectivity index is 1.84. The number of anilines is 1. The summed E-state index contributed by atoms with van der Waals surface area (Å²) in [4.78, 5) is 27.9. The summed E-state index contributed by atoms with van der Waals surface area (Å²) in [6.45, 7) is 3.93. The number of para-hydroxylation sites is 1. The van der Waals surface area contributed by atoms with Crippen molar-refractivity contribution in [2.24, 2.45) is 0 Å². The third-order valence-corrected chi connectivity index (χ3v) is 4.35. The Kier molecular flexibility index (Phi) is 5.28. The van der Waals surface area contributed by atoms with Crippen LogP contribution in [0.3, 0.4) is 0 Å². The van der Waals surface area contributed by atoms with E-state index in [1.54, 1.807) is 37.3 Å². The molecule has 0 aliphatic rings. The van der Waals surface area contributed by atoms with Crippen molar-refractivity contribution in [3.63, 3.8) is 0 Å². The fourth-order valence-electron chi connectivity index (χ4n) is 2.92. The molecule has 0 aliphatic heterocycles. The van der Waals surface area contributed by atoms with E-state index in [-0.39, 0.29) is 18.9 Å². The number of benzene rings is 2. The van der Waals surface area contributed by atoms with Gasteiger partial charge in [-0.1, -0.05) is 23.7 Å². The monoisotopic (exact) mass is 370 g/mol. The molecule has 2 N–H and O–H groups in total. The van der Waals surface area contributed by atoms with Gasteiger partial charge in [-0.3, -0.25) is 4.79 Å². The van der Waals surface area contributed by atoms with Crippen LogP contribution in [-0.2, 0) is 16.0 Å². The van der Waals surface area contributed by atoms with E-state index >= 15 is 0 Å². The topological polar surface area (TPSA) is 71.2 Å². The molecule has 1 heterocycles. The molecule has 2 aromatic carbocycles. The van der Waals surface area contributed by atoms with Gasteiger partial charge in [0.15, 0.2) is 0 Å². The molecule has 26 heavy (non-hydrogen) atoms. The van der Waals surface area contributed by atoms with E-state index in [1.165, 1.54) is 0 Å². The Bertz CT molecular complexity index is 978. The molecule has 0 fully saturated rings. The molecule has 0 spiro atoms. The number of halogens is 1. The number of aryl methyl sites for hydroxylation is 1. The molecule has 0 atom stereocenters. The smallest absolute Gasteiger partial charge is 0.340 e. The van der Waals surface area contributed by atoms with Gasteiger partial charge < -0.3 is 15.0 Å². The van der Waals surface area contributed by atoms with E-state index in [2.05, 4.69) is 10.3 Å². The highest BCUT2D eigenvalue weighted by Gasteiger charge is 2.16. The highest BCUT2D eigenvalue weighted by molar-refractivity contribution is 6.31. The van der Waals surface area contributed by atoms with Gasteiger partial charge in [0, 0.05) is 21.6 Å². The van der Waals surface area contributed by atoms with Gasteiger partial charge >= 0.3 is 5.97 Å². The molecule has 1 amide bonds. The summed E-state index contributed by atoms with van der Waals surface area (Å²) in [6.07, 6.45) is 0.170. The minimum atomic E-state index is -0.460. The Labute approximate surface area is 156 Å². The van der Waals surface area contributed by atoms with Gasteiger partial charge in [-0.15, -0.1) is 0 Å². The maximum atomic E-state index is 12.6. The van der Waals surface area contributed by atoms with Crippen LogP contribution in [0.1, 0.15) is 28.5 Å². The number of carbonyl (C=O) groups excluding carboxylic acids is 2. The van der Waals surface area contributed by atoms with Crippen molar-refractivity contribution in [3.8, 4) is 0 Å². The van der Waals surface area contributed by atoms with Gasteiger partial charge in [0.1, 0.15) is 0 Å². The van der Waals surface area contributed by atoms with Crippen molar-refractivity contribution in [1.82, 2.24) is 4.98 Å². The van der Waals surface area contributed by atoms with Crippen molar-refractivity contribution in [2.45, 2.75) is 20.3 Å². The number of rotatable bonds is 5. The largest absolute Gasteiger partial charge is 0.462 e. The van der Waals surface area contributed by atoms with Crippen LogP contribution >= 0.6 is 11.6 Å². The summed E-state index contributed by atoms with van der Waals surface area (Å²) in [5.74, 6) is -0.677. The van der Waals surface area contributed by atoms with Gasteiger partial charge in [-0.25, -0.2) is 4.79 Å². The van der Waals surface area contributed by atoms with Crippen LogP contribution in [0.5, 0.6) is 0 Å². The molecule has 6 heteroatoms. The lowest BCUT2D eigenvalue weighted by atomic mass is 10.1. The molecule has 5 nitrogen and oxygen atoms in total. The zero-order valence-electron chi connectivity index (χ0n) is 14.6. The lowest BCUT2D eigenvalue weighted by Gasteiger charge is -2.10.